The Balaban J connectivity index is 1.32. The Bertz CT molecular complexity index is 1530. The lowest BCUT2D eigenvalue weighted by Crippen LogP contribution is -2.41. The van der Waals surface area contributed by atoms with Crippen molar-refractivity contribution in [3.05, 3.63) is 53.4 Å². The van der Waals surface area contributed by atoms with E-state index in [0.717, 1.165) is 64.2 Å². The third kappa shape index (κ3) is 8.82. The van der Waals surface area contributed by atoms with E-state index >= 15 is 0 Å². The van der Waals surface area contributed by atoms with E-state index in [2.05, 4.69) is 13.8 Å². The molecule has 1 saturated heterocycles. The standard InChI is InChI=1S/C35H40Cl6O8/c1-3-5-7-18-9-11-20(18)15-45-32(42)26-28(40)22(36)13-24(38)30(26)48-34(44)35(17-47-35)49-31-25(39)14-23(37)29(41)27(31)33(43)46-16-21-12-10-19(21)8-6-4-2/h13-14,18-21,34,44H,3-12,15-17H2,1-2H3. The van der Waals surface area contributed by atoms with E-state index in [1.165, 1.54) is 12.1 Å². The summed E-state index contributed by atoms with van der Waals surface area (Å²) in [6.45, 7) is 4.49. The predicted molar refractivity (Wildman–Crippen MR) is 191 cm³/mol. The van der Waals surface area contributed by atoms with Gasteiger partial charge in [0.05, 0.1) is 43.3 Å². The van der Waals surface area contributed by atoms with Crippen LogP contribution in [0.2, 0.25) is 30.1 Å². The first-order valence-corrected chi connectivity index (χ1v) is 19.0. The van der Waals surface area contributed by atoms with E-state index in [1.54, 1.807) is 0 Å². The number of aliphatic hydroxyl groups is 1. The van der Waals surface area contributed by atoms with Gasteiger partial charge in [-0.15, -0.1) is 0 Å². The van der Waals surface area contributed by atoms with Crippen LogP contribution in [0, 0.1) is 23.7 Å². The number of halogens is 6. The van der Waals surface area contributed by atoms with E-state index < -0.39 is 24.0 Å². The second-order valence-electron chi connectivity index (χ2n) is 13.1. The molecule has 2 aromatic carbocycles. The maximum absolute atomic E-state index is 13.4. The fourth-order valence-corrected chi connectivity index (χ4v) is 7.80. The highest BCUT2D eigenvalue weighted by molar-refractivity contribution is 6.46. The normalized spacial score (nSPS) is 24.8. The summed E-state index contributed by atoms with van der Waals surface area (Å²) in [5.74, 6) is -2.54. The number of unbranched alkanes of at least 4 members (excludes halogenated alkanes) is 2. The first kappa shape index (κ1) is 38.9. The molecule has 2 aliphatic carbocycles. The first-order valence-electron chi connectivity index (χ1n) is 16.8. The topological polar surface area (TPSA) is 104 Å². The molecule has 0 bridgehead atoms. The molecule has 49 heavy (non-hydrogen) atoms. The van der Waals surface area contributed by atoms with Gasteiger partial charge in [-0.05, 0) is 61.5 Å². The van der Waals surface area contributed by atoms with Crippen LogP contribution in [0.15, 0.2) is 12.1 Å². The summed E-state index contributed by atoms with van der Waals surface area (Å²) in [4.78, 5) is 26.8. The maximum atomic E-state index is 13.4. The zero-order valence-corrected chi connectivity index (χ0v) is 31.8. The molecule has 0 radical (unpaired) electrons. The Hall–Kier alpha value is -1.36. The highest BCUT2D eigenvalue weighted by Crippen LogP contribution is 2.47. The average Bonchev–Trinajstić information content (AvgIpc) is 3.82. The van der Waals surface area contributed by atoms with E-state index in [0.29, 0.717) is 11.8 Å². The second-order valence-corrected chi connectivity index (χ2v) is 15.5. The Labute approximate surface area is 316 Å². The number of carbonyl (C=O) groups is 2. The minimum Gasteiger partial charge on any atom is -0.462 e. The third-order valence-corrected chi connectivity index (χ3v) is 12.0. The van der Waals surface area contributed by atoms with E-state index in [9.17, 15) is 14.7 Å². The van der Waals surface area contributed by atoms with Gasteiger partial charge < -0.3 is 28.8 Å². The number of benzene rings is 2. The Morgan fingerprint density at radius 1 is 0.755 bits per heavy atom. The minimum atomic E-state index is -1.91. The molecular weight excluding hydrogens is 761 g/mol. The van der Waals surface area contributed by atoms with Gasteiger partial charge in [-0.25, -0.2) is 9.59 Å². The molecule has 2 aromatic rings. The highest BCUT2D eigenvalue weighted by Gasteiger charge is 2.58. The number of carbonyl (C=O) groups excluding carboxylic acids is 2. The predicted octanol–water partition coefficient (Wildman–Crippen LogP) is 10.9. The van der Waals surface area contributed by atoms with Crippen LogP contribution in [0.4, 0.5) is 0 Å². The number of rotatable bonds is 17. The van der Waals surface area contributed by atoms with Gasteiger partial charge in [0.25, 0.3) is 12.1 Å². The fraction of sp³-hybridized carbons (Fsp3) is 0.600. The number of hydrogen-bond acceptors (Lipinski definition) is 8. The van der Waals surface area contributed by atoms with Crippen molar-refractivity contribution in [2.45, 2.75) is 90.1 Å². The monoisotopic (exact) mass is 798 g/mol. The number of hydrogen-bond donors (Lipinski definition) is 1. The number of ether oxygens (including phenoxy) is 5. The van der Waals surface area contributed by atoms with Crippen molar-refractivity contribution in [1.82, 2.24) is 0 Å². The summed E-state index contributed by atoms with van der Waals surface area (Å²) in [5.41, 5.74) is -0.487. The molecule has 14 heteroatoms. The molecule has 1 N–H and O–H groups in total. The van der Waals surface area contributed by atoms with Gasteiger partial charge in [-0.1, -0.05) is 122 Å². The molecule has 0 aromatic heterocycles. The Morgan fingerprint density at radius 3 is 1.59 bits per heavy atom. The summed E-state index contributed by atoms with van der Waals surface area (Å²) in [7, 11) is 0. The van der Waals surface area contributed by atoms with Crippen molar-refractivity contribution in [2.75, 3.05) is 19.8 Å². The second kappa shape index (κ2) is 17.0. The van der Waals surface area contributed by atoms with Crippen molar-refractivity contribution in [1.29, 1.82) is 0 Å². The van der Waals surface area contributed by atoms with Crippen molar-refractivity contribution in [3.8, 4) is 11.5 Å². The minimum absolute atomic E-state index is 0.00215. The SMILES string of the molecule is CCCCC1CCC1COC(=O)c1c(Cl)c(Cl)cc(Cl)c1OC(O)C1(Oc2c(Cl)cc(Cl)c(Cl)c2C(=O)OCC2CCC2CCCC)CO1. The molecule has 5 rings (SSSR count). The Morgan fingerprint density at radius 2 is 1.18 bits per heavy atom. The van der Waals surface area contributed by atoms with Crippen molar-refractivity contribution < 1.29 is 38.4 Å². The van der Waals surface area contributed by atoms with Crippen LogP contribution in [0.1, 0.15) is 98.8 Å². The molecule has 270 valence electrons. The lowest BCUT2D eigenvalue weighted by molar-refractivity contribution is -0.149. The third-order valence-electron chi connectivity index (χ3n) is 9.83. The van der Waals surface area contributed by atoms with Crippen LogP contribution >= 0.6 is 69.6 Å². The maximum Gasteiger partial charge on any atom is 0.343 e. The molecule has 3 aliphatic rings. The number of epoxide rings is 1. The van der Waals surface area contributed by atoms with Gasteiger partial charge in [0.1, 0.15) is 17.7 Å². The average molecular weight is 801 g/mol. The molecule has 3 fully saturated rings. The van der Waals surface area contributed by atoms with Crippen molar-refractivity contribution in [2.24, 2.45) is 23.7 Å². The summed E-state index contributed by atoms with van der Waals surface area (Å²) in [6, 6.07) is 2.57. The van der Waals surface area contributed by atoms with Gasteiger partial charge in [0.2, 0.25) is 0 Å². The molecule has 6 atom stereocenters. The van der Waals surface area contributed by atoms with Crippen LogP contribution in [-0.2, 0) is 14.2 Å². The van der Waals surface area contributed by atoms with Gasteiger partial charge in [-0.2, -0.15) is 0 Å². The molecule has 1 heterocycles. The van der Waals surface area contributed by atoms with Gasteiger partial charge >= 0.3 is 11.9 Å². The van der Waals surface area contributed by atoms with Gasteiger partial charge in [0, 0.05) is 0 Å². The van der Waals surface area contributed by atoms with Crippen LogP contribution in [0.5, 0.6) is 11.5 Å². The molecule has 0 amide bonds. The lowest BCUT2D eigenvalue weighted by atomic mass is 9.72. The lowest BCUT2D eigenvalue weighted by Gasteiger charge is -2.36. The van der Waals surface area contributed by atoms with Crippen LogP contribution in [0.3, 0.4) is 0 Å². The summed E-state index contributed by atoms with van der Waals surface area (Å²) >= 11 is 38.5. The molecule has 0 spiro atoms. The van der Waals surface area contributed by atoms with E-state index in [-0.39, 0.29) is 84.4 Å². The zero-order chi connectivity index (χ0) is 35.5. The van der Waals surface area contributed by atoms with Crippen LogP contribution in [0.25, 0.3) is 0 Å². The number of aliphatic hydroxyl groups excluding tert-OH is 1. The van der Waals surface area contributed by atoms with Crippen molar-refractivity contribution >= 4 is 81.5 Å². The van der Waals surface area contributed by atoms with Crippen molar-refractivity contribution in [3.63, 3.8) is 0 Å². The number of esters is 2. The smallest absolute Gasteiger partial charge is 0.343 e. The first-order chi connectivity index (χ1) is 23.4. The fourth-order valence-electron chi connectivity index (χ4n) is 6.35. The quantitative estimate of drug-likeness (QED) is 0.0730. The zero-order valence-electron chi connectivity index (χ0n) is 27.3. The van der Waals surface area contributed by atoms with E-state index in [4.69, 9.17) is 93.3 Å². The molecule has 8 nitrogen and oxygen atoms in total. The summed E-state index contributed by atoms with van der Waals surface area (Å²) in [5, 5.41) is 10.8. The van der Waals surface area contributed by atoms with Gasteiger partial charge in [0.15, 0.2) is 11.5 Å². The van der Waals surface area contributed by atoms with Crippen LogP contribution in [-0.4, -0.2) is 48.9 Å². The molecule has 1 aliphatic heterocycles. The summed E-state index contributed by atoms with van der Waals surface area (Å²) in [6.07, 6.45) is 8.78. The summed E-state index contributed by atoms with van der Waals surface area (Å²) < 4.78 is 28.7. The van der Waals surface area contributed by atoms with E-state index in [1.807, 2.05) is 0 Å². The molecular formula is C35H40Cl6O8. The largest absolute Gasteiger partial charge is 0.462 e. The molecule has 2 saturated carbocycles. The van der Waals surface area contributed by atoms with Crippen LogP contribution < -0.4 is 9.47 Å². The molecule has 6 unspecified atom stereocenters. The Kier molecular flexibility index (Phi) is 13.5. The highest BCUT2D eigenvalue weighted by atomic mass is 35.5. The van der Waals surface area contributed by atoms with Gasteiger partial charge in [-0.3, -0.25) is 0 Å².